The van der Waals surface area contributed by atoms with E-state index < -0.39 is 0 Å². The maximum atomic E-state index is 5.74. The molecule has 0 amide bonds. The van der Waals surface area contributed by atoms with Gasteiger partial charge in [0.05, 0.1) is 5.69 Å². The minimum absolute atomic E-state index is 0.141. The van der Waals surface area contributed by atoms with Crippen molar-refractivity contribution in [2.24, 2.45) is 5.92 Å². The summed E-state index contributed by atoms with van der Waals surface area (Å²) in [6.07, 6.45) is 3.76. The van der Waals surface area contributed by atoms with Crippen LogP contribution in [0.1, 0.15) is 37.1 Å². The summed E-state index contributed by atoms with van der Waals surface area (Å²) < 4.78 is 6.85. The van der Waals surface area contributed by atoms with Crippen LogP contribution in [0.4, 0.5) is 5.82 Å². The predicted molar refractivity (Wildman–Crippen MR) is 86.7 cm³/mol. The van der Waals surface area contributed by atoms with Crippen LogP contribution in [0.15, 0.2) is 10.5 Å². The first-order valence-corrected chi connectivity index (χ1v) is 8.69. The van der Waals surface area contributed by atoms with Crippen molar-refractivity contribution in [1.82, 2.24) is 10.3 Å². The van der Waals surface area contributed by atoms with Crippen LogP contribution < -0.4 is 10.2 Å². The number of halogens is 1. The van der Waals surface area contributed by atoms with Crippen molar-refractivity contribution < 1.29 is 4.74 Å². The number of methoxy groups -OCH3 is 1. The highest BCUT2D eigenvalue weighted by molar-refractivity contribution is 9.10. The van der Waals surface area contributed by atoms with Crippen LogP contribution in [0.25, 0.3) is 0 Å². The van der Waals surface area contributed by atoms with Gasteiger partial charge in [-0.3, -0.25) is 0 Å². The van der Waals surface area contributed by atoms with E-state index in [0.29, 0.717) is 18.0 Å². The van der Waals surface area contributed by atoms with Crippen LogP contribution in [0.3, 0.4) is 0 Å². The zero-order valence-electron chi connectivity index (χ0n) is 12.6. The highest BCUT2D eigenvalue weighted by Crippen LogP contribution is 2.46. The van der Waals surface area contributed by atoms with E-state index in [2.05, 4.69) is 39.1 Å². The van der Waals surface area contributed by atoms with E-state index in [1.165, 1.54) is 24.2 Å². The molecular weight excluding hydrogens is 330 g/mol. The summed E-state index contributed by atoms with van der Waals surface area (Å²) in [6, 6.07) is 3.34. The second-order valence-corrected chi connectivity index (χ2v) is 7.46. The van der Waals surface area contributed by atoms with Gasteiger partial charge in [-0.2, -0.15) is 0 Å². The summed E-state index contributed by atoms with van der Waals surface area (Å²) in [5, 5.41) is 3.53. The van der Waals surface area contributed by atoms with Crippen LogP contribution in [-0.2, 0) is 11.2 Å². The second-order valence-electron chi connectivity index (χ2n) is 6.60. The maximum absolute atomic E-state index is 5.74. The van der Waals surface area contributed by atoms with Gasteiger partial charge in [0.2, 0.25) is 0 Å². The number of anilines is 1. The number of hydrogen-bond acceptors (Lipinski definition) is 4. The predicted octanol–water partition coefficient (Wildman–Crippen LogP) is 2.66. The lowest BCUT2D eigenvalue weighted by Crippen LogP contribution is -2.55. The molecule has 0 aromatic carbocycles. The third-order valence-electron chi connectivity index (χ3n) is 5.02. The van der Waals surface area contributed by atoms with Gasteiger partial charge in [0.1, 0.15) is 11.9 Å². The van der Waals surface area contributed by atoms with Gasteiger partial charge in [-0.15, -0.1) is 0 Å². The quantitative estimate of drug-likeness (QED) is 0.908. The first kappa shape index (κ1) is 14.0. The first-order valence-electron chi connectivity index (χ1n) is 7.90. The fraction of sp³-hybridized carbons (Fsp3) is 0.688. The van der Waals surface area contributed by atoms with E-state index in [0.717, 1.165) is 29.7 Å². The Kier molecular flexibility index (Phi) is 3.47. The average molecular weight is 352 g/mol. The Morgan fingerprint density at radius 2 is 2.24 bits per heavy atom. The van der Waals surface area contributed by atoms with Gasteiger partial charge >= 0.3 is 0 Å². The molecule has 5 heteroatoms. The van der Waals surface area contributed by atoms with Gasteiger partial charge in [0.25, 0.3) is 0 Å². The number of hydrogen-bond donors (Lipinski definition) is 1. The molecule has 1 aliphatic carbocycles. The molecule has 1 unspecified atom stereocenters. The molecule has 0 radical (unpaired) electrons. The molecule has 1 saturated carbocycles. The van der Waals surface area contributed by atoms with Crippen LogP contribution in [0.2, 0.25) is 0 Å². The Morgan fingerprint density at radius 3 is 2.95 bits per heavy atom. The van der Waals surface area contributed by atoms with Crippen LogP contribution in [0, 0.1) is 5.92 Å². The Hall–Kier alpha value is -0.650. The van der Waals surface area contributed by atoms with E-state index in [4.69, 9.17) is 9.72 Å². The van der Waals surface area contributed by atoms with Crippen molar-refractivity contribution in [3.63, 3.8) is 0 Å². The third kappa shape index (κ3) is 2.30. The summed E-state index contributed by atoms with van der Waals surface area (Å²) in [7, 11) is 1.81. The summed E-state index contributed by atoms with van der Waals surface area (Å²) in [4.78, 5) is 7.56. The Balaban J connectivity index is 1.74. The Labute approximate surface area is 134 Å². The molecule has 0 bridgehead atoms. The largest absolute Gasteiger partial charge is 0.375 e. The third-order valence-corrected chi connectivity index (χ3v) is 5.66. The van der Waals surface area contributed by atoms with Crippen LogP contribution in [0.5, 0.6) is 0 Å². The van der Waals surface area contributed by atoms with E-state index in [1.807, 2.05) is 0 Å². The highest BCUT2D eigenvalue weighted by Gasteiger charge is 2.39. The minimum atomic E-state index is 0.141. The number of nitrogens with one attached hydrogen (secondary N) is 1. The monoisotopic (exact) mass is 351 g/mol. The molecule has 4 rings (SSSR count). The van der Waals surface area contributed by atoms with Crippen molar-refractivity contribution in [3.05, 3.63) is 21.8 Å². The van der Waals surface area contributed by atoms with Crippen molar-refractivity contribution >= 4 is 21.7 Å². The molecule has 3 atom stereocenters. The maximum Gasteiger partial charge on any atom is 0.132 e. The molecule has 3 heterocycles. The topological polar surface area (TPSA) is 37.4 Å². The first-order chi connectivity index (χ1) is 10.2. The number of fused-ring (bicyclic) bond motifs is 3. The number of ether oxygens (including phenoxy) is 1. The van der Waals surface area contributed by atoms with Gasteiger partial charge in [-0.05, 0) is 59.7 Å². The fourth-order valence-electron chi connectivity index (χ4n) is 3.85. The van der Waals surface area contributed by atoms with Gasteiger partial charge in [-0.1, -0.05) is 0 Å². The van der Waals surface area contributed by atoms with Crippen molar-refractivity contribution in [2.45, 2.75) is 44.4 Å². The van der Waals surface area contributed by atoms with Crippen molar-refractivity contribution in [2.75, 3.05) is 25.1 Å². The van der Waals surface area contributed by atoms with E-state index in [-0.39, 0.29) is 6.10 Å². The Morgan fingerprint density at radius 1 is 1.43 bits per heavy atom. The number of piperazine rings is 1. The molecule has 114 valence electrons. The summed E-state index contributed by atoms with van der Waals surface area (Å²) in [5.74, 6) is 1.84. The smallest absolute Gasteiger partial charge is 0.132 e. The summed E-state index contributed by atoms with van der Waals surface area (Å²) in [6.45, 7) is 4.38. The molecule has 2 fully saturated rings. The summed E-state index contributed by atoms with van der Waals surface area (Å²) in [5.41, 5.74) is 2.46. The Bertz CT molecular complexity index is 561. The zero-order chi connectivity index (χ0) is 14.6. The van der Waals surface area contributed by atoms with Crippen molar-refractivity contribution in [1.29, 1.82) is 0 Å². The molecule has 21 heavy (non-hydrogen) atoms. The lowest BCUT2D eigenvalue weighted by atomic mass is 10.1. The number of nitrogens with zero attached hydrogens (tertiary/aromatic N) is 2. The van der Waals surface area contributed by atoms with Crippen molar-refractivity contribution in [3.8, 4) is 0 Å². The van der Waals surface area contributed by atoms with E-state index in [1.54, 1.807) is 7.11 Å². The lowest BCUT2D eigenvalue weighted by Gasteiger charge is -2.38. The molecule has 1 aromatic rings. The second kappa shape index (κ2) is 5.21. The summed E-state index contributed by atoms with van der Waals surface area (Å²) >= 11 is 3.73. The fourth-order valence-corrected chi connectivity index (χ4v) is 4.44. The molecule has 1 N–H and O–H groups in total. The zero-order valence-corrected chi connectivity index (χ0v) is 14.2. The van der Waals surface area contributed by atoms with E-state index in [9.17, 15) is 0 Å². The molecule has 1 saturated heterocycles. The average Bonchev–Trinajstić information content (AvgIpc) is 3.22. The van der Waals surface area contributed by atoms with E-state index >= 15 is 0 Å². The van der Waals surface area contributed by atoms with Gasteiger partial charge < -0.3 is 15.0 Å². The minimum Gasteiger partial charge on any atom is -0.375 e. The number of pyridine rings is 1. The van der Waals surface area contributed by atoms with Gasteiger partial charge in [0.15, 0.2) is 0 Å². The SMILES string of the molecule is COC(c1nc2c(cc1Br)C[C@@H]1CNC[C@@H](C)N21)C1CC1. The molecule has 2 aliphatic heterocycles. The van der Waals surface area contributed by atoms with Crippen LogP contribution in [-0.4, -0.2) is 37.3 Å². The van der Waals surface area contributed by atoms with Crippen LogP contribution >= 0.6 is 15.9 Å². The molecule has 1 aromatic heterocycles. The lowest BCUT2D eigenvalue weighted by molar-refractivity contribution is 0.0805. The number of rotatable bonds is 3. The molecule has 3 aliphatic rings. The molecule has 0 spiro atoms. The normalized spacial score (nSPS) is 29.2. The van der Waals surface area contributed by atoms with Gasteiger partial charge in [-0.25, -0.2) is 4.98 Å². The highest BCUT2D eigenvalue weighted by atomic mass is 79.9. The number of aromatic nitrogens is 1. The molecular formula is C16H22BrN3O. The standard InChI is InChI=1S/C16H22BrN3O/c1-9-7-18-8-12-5-11-6-13(17)14(19-16(11)20(9)12)15(21-2)10-3-4-10/h6,9-10,12,15,18H,3-5,7-8H2,1-2H3/t9-,12-,15?/m1/s1. The molecule has 4 nitrogen and oxygen atoms in total. The van der Waals surface area contributed by atoms with Gasteiger partial charge in [0, 0.05) is 36.8 Å².